The summed E-state index contributed by atoms with van der Waals surface area (Å²) in [6.45, 7) is 8.82. The number of hydrogen-bond donors (Lipinski definition) is 0. The minimum Gasteiger partial charge on any atom is -0.274 e. The van der Waals surface area contributed by atoms with Crippen molar-refractivity contribution in [2.45, 2.75) is 52.9 Å². The molecule has 0 spiro atoms. The van der Waals surface area contributed by atoms with E-state index in [2.05, 4.69) is 20.8 Å². The third kappa shape index (κ3) is 2.22. The molecule has 0 unspecified atom stereocenters. The van der Waals surface area contributed by atoms with Gasteiger partial charge in [-0.1, -0.05) is 34.1 Å². The average molecular weight is 279 g/mol. The molecular weight excluding hydrogens is 258 g/mol. The van der Waals surface area contributed by atoms with Crippen LogP contribution in [0.1, 0.15) is 76.9 Å². The second kappa shape index (κ2) is 5.45. The molecule has 19 heavy (non-hydrogen) atoms. The maximum atomic E-state index is 12.5. The van der Waals surface area contributed by atoms with Gasteiger partial charge in [-0.05, 0) is 18.8 Å². The van der Waals surface area contributed by atoms with Gasteiger partial charge in [-0.15, -0.1) is 11.3 Å². The Labute approximate surface area is 118 Å². The molecule has 0 radical (unpaired) electrons. The lowest BCUT2D eigenvalue weighted by Crippen LogP contribution is -2.31. The van der Waals surface area contributed by atoms with Crippen LogP contribution in [0.3, 0.4) is 0 Å². The molecule has 2 heterocycles. The SMILES string of the molecule is CCCCN1C(=O)c2c(CC)sc(C(C)C)c2C1=O. The number of rotatable bonds is 5. The molecule has 1 aromatic rings. The largest absolute Gasteiger partial charge is 0.274 e. The van der Waals surface area contributed by atoms with Crippen LogP contribution in [0.15, 0.2) is 0 Å². The fourth-order valence-corrected chi connectivity index (χ4v) is 3.70. The molecule has 0 atom stereocenters. The summed E-state index contributed by atoms with van der Waals surface area (Å²) in [7, 11) is 0. The number of carbonyl (C=O) groups excluding carboxylic acids is 2. The van der Waals surface area contributed by atoms with Crippen LogP contribution in [-0.2, 0) is 6.42 Å². The van der Waals surface area contributed by atoms with E-state index in [-0.39, 0.29) is 11.8 Å². The highest BCUT2D eigenvalue weighted by Crippen LogP contribution is 2.39. The molecule has 2 rings (SSSR count). The Kier molecular flexibility index (Phi) is 4.09. The average Bonchev–Trinajstić information content (AvgIpc) is 2.87. The zero-order valence-electron chi connectivity index (χ0n) is 12.1. The van der Waals surface area contributed by atoms with Gasteiger partial charge >= 0.3 is 0 Å². The minimum absolute atomic E-state index is 0.0755. The molecule has 0 aliphatic carbocycles. The van der Waals surface area contributed by atoms with Gasteiger partial charge in [-0.2, -0.15) is 0 Å². The van der Waals surface area contributed by atoms with Crippen molar-refractivity contribution in [3.05, 3.63) is 20.9 Å². The third-order valence-electron chi connectivity index (χ3n) is 3.51. The molecule has 0 aromatic carbocycles. The second-order valence-electron chi connectivity index (χ2n) is 5.26. The van der Waals surface area contributed by atoms with Gasteiger partial charge < -0.3 is 0 Å². The number of thiophene rings is 1. The number of aryl methyl sites for hydroxylation is 1. The van der Waals surface area contributed by atoms with E-state index in [0.29, 0.717) is 23.6 Å². The predicted octanol–water partition coefficient (Wildman–Crippen LogP) is 3.83. The summed E-state index contributed by atoms with van der Waals surface area (Å²) in [6.07, 6.45) is 2.69. The first-order chi connectivity index (χ1) is 9.02. The quantitative estimate of drug-likeness (QED) is 0.768. The van der Waals surface area contributed by atoms with Gasteiger partial charge in [0.25, 0.3) is 11.8 Å². The van der Waals surface area contributed by atoms with Crippen LogP contribution in [0.5, 0.6) is 0 Å². The molecule has 0 saturated carbocycles. The summed E-state index contributed by atoms with van der Waals surface area (Å²) in [5.74, 6) is 0.142. The van der Waals surface area contributed by atoms with E-state index in [1.165, 1.54) is 4.90 Å². The van der Waals surface area contributed by atoms with Crippen LogP contribution >= 0.6 is 11.3 Å². The number of hydrogen-bond acceptors (Lipinski definition) is 3. The number of unbranched alkanes of at least 4 members (excludes halogenated alkanes) is 1. The van der Waals surface area contributed by atoms with E-state index in [1.54, 1.807) is 11.3 Å². The Bertz CT molecular complexity index is 516. The summed E-state index contributed by atoms with van der Waals surface area (Å²) < 4.78 is 0. The van der Waals surface area contributed by atoms with Crippen molar-refractivity contribution in [2.75, 3.05) is 6.54 Å². The fourth-order valence-electron chi connectivity index (χ4n) is 2.47. The maximum absolute atomic E-state index is 12.5. The van der Waals surface area contributed by atoms with E-state index in [9.17, 15) is 9.59 Å². The molecule has 0 bridgehead atoms. The highest BCUT2D eigenvalue weighted by molar-refractivity contribution is 7.13. The number of fused-ring (bicyclic) bond motifs is 1. The van der Waals surface area contributed by atoms with Crippen molar-refractivity contribution in [3.8, 4) is 0 Å². The van der Waals surface area contributed by atoms with Gasteiger partial charge in [0, 0.05) is 16.3 Å². The first kappa shape index (κ1) is 14.3. The monoisotopic (exact) mass is 279 g/mol. The van der Waals surface area contributed by atoms with Crippen LogP contribution in [0.4, 0.5) is 0 Å². The van der Waals surface area contributed by atoms with Crippen molar-refractivity contribution in [1.29, 1.82) is 0 Å². The van der Waals surface area contributed by atoms with E-state index >= 15 is 0 Å². The van der Waals surface area contributed by atoms with Gasteiger partial charge in [-0.3, -0.25) is 14.5 Å². The van der Waals surface area contributed by atoms with Crippen molar-refractivity contribution in [3.63, 3.8) is 0 Å². The molecular formula is C15H21NO2S. The summed E-state index contributed by atoms with van der Waals surface area (Å²) in [6, 6.07) is 0. The van der Waals surface area contributed by atoms with Crippen molar-refractivity contribution in [1.82, 2.24) is 4.90 Å². The van der Waals surface area contributed by atoms with Crippen molar-refractivity contribution < 1.29 is 9.59 Å². The van der Waals surface area contributed by atoms with Gasteiger partial charge in [-0.25, -0.2) is 0 Å². The molecule has 0 saturated heterocycles. The smallest absolute Gasteiger partial charge is 0.262 e. The molecule has 2 amide bonds. The fraction of sp³-hybridized carbons (Fsp3) is 0.600. The van der Waals surface area contributed by atoms with Crippen LogP contribution in [0.2, 0.25) is 0 Å². The predicted molar refractivity (Wildman–Crippen MR) is 78.1 cm³/mol. The Balaban J connectivity index is 2.46. The van der Waals surface area contributed by atoms with Crippen LogP contribution in [0, 0.1) is 0 Å². The number of carbonyl (C=O) groups is 2. The maximum Gasteiger partial charge on any atom is 0.262 e. The van der Waals surface area contributed by atoms with Crippen molar-refractivity contribution >= 4 is 23.2 Å². The Hall–Kier alpha value is -1.16. The molecule has 1 aliphatic heterocycles. The standard InChI is InChI=1S/C15H21NO2S/c1-5-7-8-16-14(17)11-10(6-2)19-13(9(3)4)12(11)15(16)18/h9H,5-8H2,1-4H3. The van der Waals surface area contributed by atoms with Crippen LogP contribution < -0.4 is 0 Å². The molecule has 4 heteroatoms. The van der Waals surface area contributed by atoms with Gasteiger partial charge in [0.2, 0.25) is 0 Å². The first-order valence-corrected chi connectivity index (χ1v) is 7.86. The third-order valence-corrected chi connectivity index (χ3v) is 5.14. The van der Waals surface area contributed by atoms with Crippen LogP contribution in [0.25, 0.3) is 0 Å². The summed E-state index contributed by atoms with van der Waals surface area (Å²) in [5, 5.41) is 0. The summed E-state index contributed by atoms with van der Waals surface area (Å²) in [4.78, 5) is 28.5. The van der Waals surface area contributed by atoms with Gasteiger partial charge in [0.05, 0.1) is 11.1 Å². The highest BCUT2D eigenvalue weighted by Gasteiger charge is 2.41. The van der Waals surface area contributed by atoms with E-state index < -0.39 is 0 Å². The molecule has 3 nitrogen and oxygen atoms in total. The molecule has 0 N–H and O–H groups in total. The lowest BCUT2D eigenvalue weighted by atomic mass is 10.0. The zero-order valence-corrected chi connectivity index (χ0v) is 12.9. The van der Waals surface area contributed by atoms with Crippen molar-refractivity contribution in [2.24, 2.45) is 0 Å². The molecule has 104 valence electrons. The molecule has 1 aromatic heterocycles. The zero-order chi connectivity index (χ0) is 14.2. The topological polar surface area (TPSA) is 37.4 Å². The van der Waals surface area contributed by atoms with Gasteiger partial charge in [0.1, 0.15) is 0 Å². The Morgan fingerprint density at radius 2 is 1.74 bits per heavy atom. The normalized spacial score (nSPS) is 14.7. The minimum atomic E-state index is -0.0758. The summed E-state index contributed by atoms with van der Waals surface area (Å²) in [5.41, 5.74) is 1.38. The molecule has 0 fully saturated rings. The lowest BCUT2D eigenvalue weighted by molar-refractivity contribution is 0.0651. The van der Waals surface area contributed by atoms with E-state index in [0.717, 1.165) is 29.0 Å². The second-order valence-corrected chi connectivity index (χ2v) is 6.40. The van der Waals surface area contributed by atoms with E-state index in [4.69, 9.17) is 0 Å². The van der Waals surface area contributed by atoms with Gasteiger partial charge in [0.15, 0.2) is 0 Å². The van der Waals surface area contributed by atoms with Crippen LogP contribution in [-0.4, -0.2) is 23.3 Å². The lowest BCUT2D eigenvalue weighted by Gasteiger charge is -2.14. The Morgan fingerprint density at radius 1 is 1.11 bits per heavy atom. The summed E-state index contributed by atoms with van der Waals surface area (Å²) >= 11 is 1.64. The number of nitrogens with zero attached hydrogens (tertiary/aromatic N) is 1. The number of amides is 2. The number of imide groups is 1. The first-order valence-electron chi connectivity index (χ1n) is 7.04. The van der Waals surface area contributed by atoms with E-state index in [1.807, 2.05) is 6.92 Å². The molecule has 1 aliphatic rings. The highest BCUT2D eigenvalue weighted by atomic mass is 32.1. The Morgan fingerprint density at radius 3 is 2.26 bits per heavy atom.